The van der Waals surface area contributed by atoms with Crippen LogP contribution < -0.4 is 0 Å². The Balaban J connectivity index is 2.36. The first-order valence-electron chi connectivity index (χ1n) is 6.48. The van der Waals surface area contributed by atoms with Gasteiger partial charge in [-0.25, -0.2) is 4.39 Å². The summed E-state index contributed by atoms with van der Waals surface area (Å²) in [5.41, 5.74) is 5.12. The number of halogens is 1. The van der Waals surface area contributed by atoms with Crippen molar-refractivity contribution in [2.45, 2.75) is 33.6 Å². The van der Waals surface area contributed by atoms with Crippen LogP contribution >= 0.6 is 0 Å². The molecular weight excluding hydrogens is 223 g/mol. The van der Waals surface area contributed by atoms with Gasteiger partial charge in [0.15, 0.2) is 0 Å². The van der Waals surface area contributed by atoms with Gasteiger partial charge in [-0.3, -0.25) is 0 Å². The highest BCUT2D eigenvalue weighted by Gasteiger charge is 2.05. The molecule has 2 aromatic rings. The lowest BCUT2D eigenvalue weighted by Crippen LogP contribution is -1.90. The van der Waals surface area contributed by atoms with Crippen LogP contribution in [-0.2, 0) is 6.42 Å². The van der Waals surface area contributed by atoms with E-state index in [2.05, 4.69) is 31.2 Å². The maximum absolute atomic E-state index is 13.7. The summed E-state index contributed by atoms with van der Waals surface area (Å²) in [6.07, 6.45) is 2.25. The van der Waals surface area contributed by atoms with Gasteiger partial charge in [-0.15, -0.1) is 0 Å². The second kappa shape index (κ2) is 5.34. The Labute approximate surface area is 108 Å². The minimum absolute atomic E-state index is 0.123. The van der Waals surface area contributed by atoms with Gasteiger partial charge in [-0.2, -0.15) is 0 Å². The summed E-state index contributed by atoms with van der Waals surface area (Å²) in [7, 11) is 0. The summed E-state index contributed by atoms with van der Waals surface area (Å²) >= 11 is 0. The van der Waals surface area contributed by atoms with Crippen LogP contribution in [0.15, 0.2) is 36.4 Å². The summed E-state index contributed by atoms with van der Waals surface area (Å²) in [6, 6.07) is 12.1. The van der Waals surface area contributed by atoms with Crippen molar-refractivity contribution >= 4 is 0 Å². The maximum atomic E-state index is 13.7. The van der Waals surface area contributed by atoms with E-state index in [4.69, 9.17) is 0 Å². The molecule has 18 heavy (non-hydrogen) atoms. The number of hydrogen-bond donors (Lipinski definition) is 0. The molecule has 0 aliphatic rings. The van der Waals surface area contributed by atoms with E-state index in [1.54, 1.807) is 6.07 Å². The molecule has 0 unspecified atom stereocenters. The fourth-order valence-corrected chi connectivity index (χ4v) is 2.14. The molecular formula is C17H19F. The molecule has 0 nitrogen and oxygen atoms in total. The lowest BCUT2D eigenvalue weighted by molar-refractivity contribution is 0.617. The van der Waals surface area contributed by atoms with Crippen LogP contribution in [0.3, 0.4) is 0 Å². The van der Waals surface area contributed by atoms with Crippen LogP contribution in [0.25, 0.3) is 11.1 Å². The van der Waals surface area contributed by atoms with Crippen LogP contribution in [0.2, 0.25) is 0 Å². The lowest BCUT2D eigenvalue weighted by Gasteiger charge is -2.08. The Hall–Kier alpha value is -1.63. The average molecular weight is 242 g/mol. The van der Waals surface area contributed by atoms with Crippen molar-refractivity contribution in [1.82, 2.24) is 0 Å². The van der Waals surface area contributed by atoms with E-state index in [-0.39, 0.29) is 5.82 Å². The minimum Gasteiger partial charge on any atom is -0.207 e. The smallest absolute Gasteiger partial charge is 0.126 e. The predicted molar refractivity (Wildman–Crippen MR) is 75.3 cm³/mol. The van der Waals surface area contributed by atoms with E-state index in [0.29, 0.717) is 0 Å². The highest BCUT2D eigenvalue weighted by atomic mass is 19.1. The molecule has 0 saturated carbocycles. The van der Waals surface area contributed by atoms with Crippen molar-refractivity contribution in [3.05, 3.63) is 58.9 Å². The monoisotopic (exact) mass is 242 g/mol. The fourth-order valence-electron chi connectivity index (χ4n) is 2.14. The topological polar surface area (TPSA) is 0 Å². The largest absolute Gasteiger partial charge is 0.207 e. The summed E-state index contributed by atoms with van der Waals surface area (Å²) in [4.78, 5) is 0. The van der Waals surface area contributed by atoms with E-state index >= 15 is 0 Å². The fraction of sp³-hybridized carbons (Fsp3) is 0.294. The van der Waals surface area contributed by atoms with Crippen LogP contribution in [-0.4, -0.2) is 0 Å². The van der Waals surface area contributed by atoms with Gasteiger partial charge in [0.25, 0.3) is 0 Å². The summed E-state index contributed by atoms with van der Waals surface area (Å²) in [5.74, 6) is -0.123. The first kappa shape index (κ1) is 12.8. The standard InChI is InChI=1S/C17H19F/c1-4-5-14-6-8-15(9-7-14)16-10-12(2)13(3)17(18)11-16/h6-11H,4-5H2,1-3H3. The molecule has 0 N–H and O–H groups in total. The Morgan fingerprint density at radius 2 is 1.61 bits per heavy atom. The first-order chi connectivity index (χ1) is 8.61. The van der Waals surface area contributed by atoms with E-state index in [9.17, 15) is 4.39 Å². The Bertz CT molecular complexity index is 515. The normalized spacial score (nSPS) is 10.7. The molecule has 0 fully saturated rings. The third-order valence-corrected chi connectivity index (χ3v) is 3.43. The molecule has 0 aromatic heterocycles. The second-order valence-electron chi connectivity index (χ2n) is 4.85. The molecule has 0 amide bonds. The summed E-state index contributed by atoms with van der Waals surface area (Å²) in [6.45, 7) is 5.94. The lowest BCUT2D eigenvalue weighted by atomic mass is 9.98. The molecule has 0 atom stereocenters. The Morgan fingerprint density at radius 3 is 2.17 bits per heavy atom. The summed E-state index contributed by atoms with van der Waals surface area (Å²) < 4.78 is 13.7. The number of hydrogen-bond acceptors (Lipinski definition) is 0. The van der Waals surface area contributed by atoms with Crippen molar-refractivity contribution < 1.29 is 4.39 Å². The van der Waals surface area contributed by atoms with Gasteiger partial charge in [0, 0.05) is 0 Å². The van der Waals surface area contributed by atoms with E-state index in [1.165, 1.54) is 5.56 Å². The molecule has 0 bridgehead atoms. The Kier molecular flexibility index (Phi) is 3.81. The van der Waals surface area contributed by atoms with Crippen molar-refractivity contribution in [1.29, 1.82) is 0 Å². The minimum atomic E-state index is -0.123. The summed E-state index contributed by atoms with van der Waals surface area (Å²) in [5, 5.41) is 0. The second-order valence-corrected chi connectivity index (χ2v) is 4.85. The van der Waals surface area contributed by atoms with Crippen molar-refractivity contribution in [3.63, 3.8) is 0 Å². The molecule has 0 aliphatic carbocycles. The molecule has 2 rings (SSSR count). The quantitative estimate of drug-likeness (QED) is 0.705. The van der Waals surface area contributed by atoms with Crippen LogP contribution in [0.4, 0.5) is 4.39 Å². The first-order valence-corrected chi connectivity index (χ1v) is 6.48. The van der Waals surface area contributed by atoms with Crippen LogP contribution in [0.5, 0.6) is 0 Å². The van der Waals surface area contributed by atoms with Gasteiger partial charge in [0.05, 0.1) is 0 Å². The zero-order valence-corrected chi connectivity index (χ0v) is 11.3. The van der Waals surface area contributed by atoms with Crippen LogP contribution in [0.1, 0.15) is 30.0 Å². The van der Waals surface area contributed by atoms with Crippen molar-refractivity contribution in [3.8, 4) is 11.1 Å². The average Bonchev–Trinajstić information content (AvgIpc) is 2.37. The molecule has 1 heteroatoms. The number of rotatable bonds is 3. The highest BCUT2D eigenvalue weighted by Crippen LogP contribution is 2.25. The zero-order valence-electron chi connectivity index (χ0n) is 11.3. The molecule has 0 heterocycles. The van der Waals surface area contributed by atoms with Crippen LogP contribution in [0, 0.1) is 19.7 Å². The van der Waals surface area contributed by atoms with Gasteiger partial charge in [0.1, 0.15) is 5.82 Å². The van der Waals surface area contributed by atoms with Gasteiger partial charge in [0.2, 0.25) is 0 Å². The third-order valence-electron chi connectivity index (χ3n) is 3.43. The zero-order chi connectivity index (χ0) is 13.1. The van der Waals surface area contributed by atoms with E-state index < -0.39 is 0 Å². The molecule has 0 aliphatic heterocycles. The Morgan fingerprint density at radius 1 is 0.944 bits per heavy atom. The van der Waals surface area contributed by atoms with Gasteiger partial charge >= 0.3 is 0 Å². The van der Waals surface area contributed by atoms with Gasteiger partial charge in [-0.1, -0.05) is 43.7 Å². The molecule has 0 spiro atoms. The highest BCUT2D eigenvalue weighted by molar-refractivity contribution is 5.65. The molecule has 94 valence electrons. The van der Waals surface area contributed by atoms with Crippen molar-refractivity contribution in [2.24, 2.45) is 0 Å². The number of benzene rings is 2. The number of aryl methyl sites for hydroxylation is 2. The molecule has 2 aromatic carbocycles. The van der Waals surface area contributed by atoms with Gasteiger partial charge in [-0.05, 0) is 54.2 Å². The van der Waals surface area contributed by atoms with Gasteiger partial charge < -0.3 is 0 Å². The maximum Gasteiger partial charge on any atom is 0.126 e. The van der Waals surface area contributed by atoms with Crippen molar-refractivity contribution in [2.75, 3.05) is 0 Å². The van der Waals surface area contributed by atoms with E-state index in [0.717, 1.165) is 35.1 Å². The molecule has 0 radical (unpaired) electrons. The molecule has 0 saturated heterocycles. The third kappa shape index (κ3) is 2.61. The van der Waals surface area contributed by atoms with E-state index in [1.807, 2.05) is 19.9 Å². The predicted octanol–water partition coefficient (Wildman–Crippen LogP) is 5.06. The SMILES string of the molecule is CCCc1ccc(-c2cc(C)c(C)c(F)c2)cc1.